The second-order valence-electron chi connectivity index (χ2n) is 4.81. The zero-order chi connectivity index (χ0) is 15.6. The number of phenolic OH excluding ortho intramolecular Hbond substituents is 1. The number of phenols is 1. The Morgan fingerprint density at radius 2 is 2.00 bits per heavy atom. The number of benzene rings is 1. The molecule has 0 fully saturated rings. The van der Waals surface area contributed by atoms with Crippen LogP contribution in [0.15, 0.2) is 24.4 Å². The number of aryl methyl sites for hydroxylation is 1. The fourth-order valence-electron chi connectivity index (χ4n) is 2.10. The molecule has 2 rings (SSSR count). The first-order chi connectivity index (χ1) is 9.91. The minimum atomic E-state index is -0.407. The van der Waals surface area contributed by atoms with Crippen LogP contribution in [-0.2, 0) is 6.61 Å². The maximum atomic E-state index is 11.1. The van der Waals surface area contributed by atoms with Crippen LogP contribution >= 0.6 is 0 Å². The lowest BCUT2D eigenvalue weighted by atomic mass is 10.1. The van der Waals surface area contributed by atoms with Crippen molar-refractivity contribution in [3.05, 3.63) is 56.9 Å². The van der Waals surface area contributed by atoms with Gasteiger partial charge >= 0.3 is 0 Å². The van der Waals surface area contributed by atoms with Gasteiger partial charge in [0.15, 0.2) is 0 Å². The summed E-state index contributed by atoms with van der Waals surface area (Å²) in [6.45, 7) is 5.16. The quantitative estimate of drug-likeness (QED) is 0.689. The van der Waals surface area contributed by atoms with Crippen molar-refractivity contribution in [2.24, 2.45) is 0 Å². The van der Waals surface area contributed by atoms with Gasteiger partial charge in [-0.05, 0) is 32.9 Å². The van der Waals surface area contributed by atoms with Gasteiger partial charge in [-0.3, -0.25) is 15.1 Å². The molecule has 1 aromatic carbocycles. The third-order valence-electron chi connectivity index (χ3n) is 3.38. The minimum Gasteiger partial charge on any atom is -0.508 e. The number of hydrogen-bond donors (Lipinski definition) is 1. The van der Waals surface area contributed by atoms with Crippen LogP contribution in [0.5, 0.6) is 11.5 Å². The molecular weight excluding hydrogens is 272 g/mol. The van der Waals surface area contributed by atoms with Gasteiger partial charge < -0.3 is 9.84 Å². The molecule has 110 valence electrons. The van der Waals surface area contributed by atoms with Gasteiger partial charge in [-0.1, -0.05) is 6.07 Å². The van der Waals surface area contributed by atoms with Gasteiger partial charge in [0, 0.05) is 17.3 Å². The van der Waals surface area contributed by atoms with Gasteiger partial charge in [-0.15, -0.1) is 0 Å². The van der Waals surface area contributed by atoms with Gasteiger partial charge in [0.1, 0.15) is 18.1 Å². The van der Waals surface area contributed by atoms with Crippen molar-refractivity contribution in [1.29, 1.82) is 0 Å². The van der Waals surface area contributed by atoms with Crippen LogP contribution in [0.3, 0.4) is 0 Å². The number of nitrogens with zero attached hydrogens (tertiary/aromatic N) is 2. The van der Waals surface area contributed by atoms with E-state index in [9.17, 15) is 15.2 Å². The maximum absolute atomic E-state index is 11.1. The highest BCUT2D eigenvalue weighted by molar-refractivity contribution is 5.47. The topological polar surface area (TPSA) is 85.5 Å². The smallest absolute Gasteiger partial charge is 0.278 e. The zero-order valence-electron chi connectivity index (χ0n) is 12.1. The summed E-state index contributed by atoms with van der Waals surface area (Å²) in [5, 5.41) is 20.7. The summed E-state index contributed by atoms with van der Waals surface area (Å²) in [7, 11) is 0. The van der Waals surface area contributed by atoms with Crippen LogP contribution in [-0.4, -0.2) is 15.0 Å². The molecule has 6 heteroatoms. The highest BCUT2D eigenvalue weighted by Gasteiger charge is 2.19. The number of rotatable bonds is 4. The number of aromatic hydroxyl groups is 1. The molecule has 0 saturated heterocycles. The molecule has 1 N–H and O–H groups in total. The largest absolute Gasteiger partial charge is 0.508 e. The summed E-state index contributed by atoms with van der Waals surface area (Å²) in [6, 6.07) is 4.98. The number of hydrogen-bond acceptors (Lipinski definition) is 5. The molecule has 21 heavy (non-hydrogen) atoms. The summed E-state index contributed by atoms with van der Waals surface area (Å²) in [6.07, 6.45) is 1.47. The van der Waals surface area contributed by atoms with Gasteiger partial charge in [0.05, 0.1) is 16.2 Å². The lowest BCUT2D eigenvalue weighted by Gasteiger charge is -2.11. The van der Waals surface area contributed by atoms with Crippen molar-refractivity contribution in [2.75, 3.05) is 0 Å². The molecule has 1 heterocycles. The Kier molecular flexibility index (Phi) is 4.07. The van der Waals surface area contributed by atoms with E-state index in [0.717, 1.165) is 0 Å². The molecule has 0 bridgehead atoms. The summed E-state index contributed by atoms with van der Waals surface area (Å²) in [5.74, 6) is 0.673. The second kappa shape index (κ2) is 5.78. The van der Waals surface area contributed by atoms with Crippen LogP contribution in [0.2, 0.25) is 0 Å². The Morgan fingerprint density at radius 1 is 1.29 bits per heavy atom. The summed E-state index contributed by atoms with van der Waals surface area (Å²) >= 11 is 0. The lowest BCUT2D eigenvalue weighted by molar-refractivity contribution is -0.386. The van der Waals surface area contributed by atoms with Gasteiger partial charge in [-0.2, -0.15) is 0 Å². The van der Waals surface area contributed by atoms with Gasteiger partial charge in [0.25, 0.3) is 5.69 Å². The molecule has 0 spiro atoms. The van der Waals surface area contributed by atoms with E-state index < -0.39 is 4.92 Å². The first-order valence-corrected chi connectivity index (χ1v) is 6.42. The second-order valence-corrected chi connectivity index (χ2v) is 4.81. The standard InChI is InChI=1S/C15H16N2O4/c1-9-7-16-12(10(2)15(9)17(19)20)8-21-14-6-4-5-13(18)11(14)3/h4-7,18H,8H2,1-3H3. The van der Waals surface area contributed by atoms with E-state index in [1.165, 1.54) is 6.20 Å². The third-order valence-corrected chi connectivity index (χ3v) is 3.38. The van der Waals surface area contributed by atoms with Crippen LogP contribution in [0, 0.1) is 30.9 Å². The monoisotopic (exact) mass is 288 g/mol. The zero-order valence-corrected chi connectivity index (χ0v) is 12.1. The average Bonchev–Trinajstić information content (AvgIpc) is 2.42. The molecule has 2 aromatic rings. The van der Waals surface area contributed by atoms with E-state index in [1.807, 2.05) is 0 Å². The number of ether oxygens (including phenoxy) is 1. The predicted octanol–water partition coefficient (Wildman–Crippen LogP) is 3.20. The normalized spacial score (nSPS) is 10.4. The molecule has 0 unspecified atom stereocenters. The number of nitro groups is 1. The van der Waals surface area contributed by atoms with Crippen LogP contribution < -0.4 is 4.74 Å². The highest BCUT2D eigenvalue weighted by atomic mass is 16.6. The summed E-state index contributed by atoms with van der Waals surface area (Å²) in [4.78, 5) is 14.9. The maximum Gasteiger partial charge on any atom is 0.278 e. The number of pyridine rings is 1. The van der Waals surface area contributed by atoms with E-state index >= 15 is 0 Å². The van der Waals surface area contributed by atoms with Crippen molar-refractivity contribution >= 4 is 5.69 Å². The van der Waals surface area contributed by atoms with Gasteiger partial charge in [-0.25, -0.2) is 0 Å². The molecule has 0 aliphatic heterocycles. The molecule has 6 nitrogen and oxygen atoms in total. The van der Waals surface area contributed by atoms with E-state index in [2.05, 4.69) is 4.98 Å². The first kappa shape index (κ1) is 14.8. The van der Waals surface area contributed by atoms with E-state index in [4.69, 9.17) is 4.74 Å². The van der Waals surface area contributed by atoms with Crippen molar-refractivity contribution in [3.8, 4) is 11.5 Å². The Balaban J connectivity index is 2.27. The lowest BCUT2D eigenvalue weighted by Crippen LogP contribution is -2.06. The Morgan fingerprint density at radius 3 is 2.67 bits per heavy atom. The fourth-order valence-corrected chi connectivity index (χ4v) is 2.10. The SMILES string of the molecule is Cc1cnc(COc2cccc(O)c2C)c(C)c1[N+](=O)[O-]. The summed E-state index contributed by atoms with van der Waals surface area (Å²) < 4.78 is 5.61. The first-order valence-electron chi connectivity index (χ1n) is 6.42. The summed E-state index contributed by atoms with van der Waals surface area (Å²) in [5.41, 5.74) is 2.22. The predicted molar refractivity (Wildman–Crippen MR) is 77.5 cm³/mol. The third kappa shape index (κ3) is 2.94. The Bertz CT molecular complexity index is 698. The minimum absolute atomic E-state index is 0.0660. The van der Waals surface area contributed by atoms with E-state index in [1.54, 1.807) is 39.0 Å². The molecule has 0 saturated carbocycles. The van der Waals surface area contributed by atoms with E-state index in [-0.39, 0.29) is 18.0 Å². The Labute approximate surface area is 122 Å². The molecule has 0 aliphatic rings. The number of aromatic nitrogens is 1. The molecule has 0 radical (unpaired) electrons. The average molecular weight is 288 g/mol. The van der Waals surface area contributed by atoms with E-state index in [0.29, 0.717) is 28.1 Å². The van der Waals surface area contributed by atoms with Crippen LogP contribution in [0.4, 0.5) is 5.69 Å². The molecule has 1 aromatic heterocycles. The highest BCUT2D eigenvalue weighted by Crippen LogP contribution is 2.28. The Hall–Kier alpha value is -2.63. The van der Waals surface area contributed by atoms with Crippen molar-refractivity contribution in [3.63, 3.8) is 0 Å². The van der Waals surface area contributed by atoms with Crippen molar-refractivity contribution < 1.29 is 14.8 Å². The van der Waals surface area contributed by atoms with Crippen LogP contribution in [0.1, 0.15) is 22.4 Å². The fraction of sp³-hybridized carbons (Fsp3) is 0.267. The molecular formula is C15H16N2O4. The molecule has 0 amide bonds. The van der Waals surface area contributed by atoms with Crippen molar-refractivity contribution in [1.82, 2.24) is 4.98 Å². The van der Waals surface area contributed by atoms with Gasteiger partial charge in [0.2, 0.25) is 0 Å². The van der Waals surface area contributed by atoms with Crippen molar-refractivity contribution in [2.45, 2.75) is 27.4 Å². The molecule has 0 atom stereocenters. The molecule has 0 aliphatic carbocycles. The van der Waals surface area contributed by atoms with Crippen LogP contribution in [0.25, 0.3) is 0 Å².